The van der Waals surface area contributed by atoms with E-state index in [0.29, 0.717) is 13.1 Å². The van der Waals surface area contributed by atoms with Crippen LogP contribution in [0.4, 0.5) is 0 Å². The van der Waals surface area contributed by atoms with Crippen molar-refractivity contribution in [2.45, 2.75) is 50.6 Å². The minimum atomic E-state index is -0.409. The number of nitrogens with zero attached hydrogens (tertiary/aromatic N) is 2. The van der Waals surface area contributed by atoms with Crippen molar-refractivity contribution < 1.29 is 9.59 Å². The van der Waals surface area contributed by atoms with Gasteiger partial charge < -0.3 is 20.4 Å². The summed E-state index contributed by atoms with van der Waals surface area (Å²) in [5.74, 6) is 0.395. The van der Waals surface area contributed by atoms with Crippen molar-refractivity contribution in [3.8, 4) is 0 Å². The summed E-state index contributed by atoms with van der Waals surface area (Å²) in [4.78, 5) is 29.0. The molecule has 0 bridgehead atoms. The van der Waals surface area contributed by atoms with E-state index in [0.717, 1.165) is 58.3 Å². The lowest BCUT2D eigenvalue weighted by molar-refractivity contribution is -0.144. The SMILES string of the molecule is CC1(C(=O)N2CCCC(N3CCNCC3=O)C2)CCCCN1.Cl.Cl. The molecule has 0 saturated carbocycles. The van der Waals surface area contributed by atoms with Crippen LogP contribution in [0.3, 0.4) is 0 Å². The normalized spacial score (nSPS) is 31.0. The summed E-state index contributed by atoms with van der Waals surface area (Å²) in [6, 6.07) is 0.194. The van der Waals surface area contributed by atoms with E-state index in [1.54, 1.807) is 0 Å². The van der Waals surface area contributed by atoms with Crippen LogP contribution in [0.15, 0.2) is 0 Å². The van der Waals surface area contributed by atoms with Crippen molar-refractivity contribution in [1.82, 2.24) is 20.4 Å². The number of carbonyl (C=O) groups excluding carboxylic acids is 2. The van der Waals surface area contributed by atoms with E-state index in [4.69, 9.17) is 0 Å². The van der Waals surface area contributed by atoms with Crippen LogP contribution < -0.4 is 10.6 Å². The summed E-state index contributed by atoms with van der Waals surface area (Å²) in [5.41, 5.74) is -0.409. The highest BCUT2D eigenvalue weighted by molar-refractivity contribution is 5.86. The average molecular weight is 381 g/mol. The zero-order valence-corrected chi connectivity index (χ0v) is 16.0. The molecule has 3 heterocycles. The second kappa shape index (κ2) is 9.22. The minimum Gasteiger partial charge on any atom is -0.339 e. The summed E-state index contributed by atoms with van der Waals surface area (Å²) >= 11 is 0. The number of piperidine rings is 2. The molecule has 3 aliphatic heterocycles. The molecule has 0 radical (unpaired) electrons. The molecule has 3 fully saturated rings. The largest absolute Gasteiger partial charge is 0.339 e. The van der Waals surface area contributed by atoms with Crippen LogP contribution in [0.5, 0.6) is 0 Å². The minimum absolute atomic E-state index is 0. The molecule has 3 rings (SSSR count). The first-order chi connectivity index (χ1) is 10.6. The zero-order chi connectivity index (χ0) is 15.6. The third-order valence-corrected chi connectivity index (χ3v) is 5.34. The number of hydrogen-bond donors (Lipinski definition) is 2. The molecule has 2 unspecified atom stereocenters. The van der Waals surface area contributed by atoms with Gasteiger partial charge in [-0.15, -0.1) is 24.8 Å². The molecule has 0 spiro atoms. The Balaban J connectivity index is 0.00000144. The molecule has 2 amide bonds. The van der Waals surface area contributed by atoms with E-state index in [1.165, 1.54) is 0 Å². The highest BCUT2D eigenvalue weighted by Gasteiger charge is 2.40. The van der Waals surface area contributed by atoms with Gasteiger partial charge in [0, 0.05) is 32.2 Å². The van der Waals surface area contributed by atoms with Gasteiger partial charge in [-0.05, 0) is 45.6 Å². The molecule has 2 N–H and O–H groups in total. The summed E-state index contributed by atoms with van der Waals surface area (Å²) in [5, 5.41) is 6.53. The van der Waals surface area contributed by atoms with Gasteiger partial charge in [0.15, 0.2) is 0 Å². The zero-order valence-electron chi connectivity index (χ0n) is 14.4. The van der Waals surface area contributed by atoms with Crippen LogP contribution in [-0.2, 0) is 9.59 Å². The molecular formula is C16H30Cl2N4O2. The lowest BCUT2D eigenvalue weighted by atomic mass is 9.88. The van der Waals surface area contributed by atoms with Crippen LogP contribution >= 0.6 is 24.8 Å². The molecule has 0 aromatic rings. The maximum atomic E-state index is 12.9. The number of halogens is 2. The van der Waals surface area contributed by atoms with Gasteiger partial charge in [-0.2, -0.15) is 0 Å². The maximum absolute atomic E-state index is 12.9. The van der Waals surface area contributed by atoms with Gasteiger partial charge in [0.2, 0.25) is 11.8 Å². The van der Waals surface area contributed by atoms with Gasteiger partial charge in [0.25, 0.3) is 0 Å². The fraction of sp³-hybridized carbons (Fsp3) is 0.875. The van der Waals surface area contributed by atoms with Crippen molar-refractivity contribution in [2.24, 2.45) is 0 Å². The fourth-order valence-electron chi connectivity index (χ4n) is 3.99. The Labute approximate surface area is 156 Å². The lowest BCUT2D eigenvalue weighted by Crippen LogP contribution is -2.62. The van der Waals surface area contributed by atoms with Crippen LogP contribution in [-0.4, -0.2) is 72.5 Å². The molecule has 6 nitrogen and oxygen atoms in total. The molecular weight excluding hydrogens is 351 g/mol. The number of nitrogens with one attached hydrogen (secondary N) is 2. The first-order valence-corrected chi connectivity index (χ1v) is 8.65. The van der Waals surface area contributed by atoms with Crippen LogP contribution in [0, 0.1) is 0 Å². The first kappa shape index (κ1) is 21.5. The molecule has 24 heavy (non-hydrogen) atoms. The maximum Gasteiger partial charge on any atom is 0.242 e. The summed E-state index contributed by atoms with van der Waals surface area (Å²) < 4.78 is 0. The van der Waals surface area contributed by atoms with Crippen molar-refractivity contribution in [1.29, 1.82) is 0 Å². The third-order valence-electron chi connectivity index (χ3n) is 5.34. The number of carbonyl (C=O) groups is 2. The predicted molar refractivity (Wildman–Crippen MR) is 98.9 cm³/mol. The Morgan fingerprint density at radius 2 is 1.96 bits per heavy atom. The molecule has 0 aliphatic carbocycles. The lowest BCUT2D eigenvalue weighted by Gasteiger charge is -2.44. The summed E-state index contributed by atoms with van der Waals surface area (Å²) in [7, 11) is 0. The van der Waals surface area contributed by atoms with Gasteiger partial charge in [0.05, 0.1) is 12.1 Å². The fourth-order valence-corrected chi connectivity index (χ4v) is 3.99. The molecule has 2 atom stereocenters. The van der Waals surface area contributed by atoms with Gasteiger partial charge in [-0.1, -0.05) is 0 Å². The average Bonchev–Trinajstić information content (AvgIpc) is 2.55. The van der Waals surface area contributed by atoms with E-state index >= 15 is 0 Å². The quantitative estimate of drug-likeness (QED) is 0.742. The van der Waals surface area contributed by atoms with Crippen LogP contribution in [0.2, 0.25) is 0 Å². The van der Waals surface area contributed by atoms with E-state index in [1.807, 2.05) is 16.7 Å². The Morgan fingerprint density at radius 1 is 1.17 bits per heavy atom. The molecule has 140 valence electrons. The van der Waals surface area contributed by atoms with Crippen molar-refractivity contribution in [3.05, 3.63) is 0 Å². The number of likely N-dealkylation sites (tertiary alicyclic amines) is 1. The highest BCUT2D eigenvalue weighted by atomic mass is 35.5. The second-order valence-electron chi connectivity index (χ2n) is 7.03. The molecule has 0 aromatic carbocycles. The van der Waals surface area contributed by atoms with Crippen molar-refractivity contribution in [2.75, 3.05) is 39.3 Å². The van der Waals surface area contributed by atoms with Crippen molar-refractivity contribution in [3.63, 3.8) is 0 Å². The predicted octanol–water partition coefficient (Wildman–Crippen LogP) is 0.785. The Bertz CT molecular complexity index is 444. The summed E-state index contributed by atoms with van der Waals surface area (Å²) in [6.45, 7) is 6.54. The Morgan fingerprint density at radius 3 is 2.62 bits per heavy atom. The van der Waals surface area contributed by atoms with E-state index in [2.05, 4.69) is 10.6 Å². The molecule has 8 heteroatoms. The number of hydrogen-bond acceptors (Lipinski definition) is 4. The van der Waals surface area contributed by atoms with Crippen LogP contribution in [0.1, 0.15) is 39.0 Å². The standard InChI is InChI=1S/C16H28N4O2.2ClH/c1-16(6-2-3-7-18-16)15(22)19-9-4-5-13(12-19)20-10-8-17-11-14(20)21;;/h13,17-18H,2-12H2,1H3;2*1H. The van der Waals surface area contributed by atoms with Gasteiger partial charge in [0.1, 0.15) is 0 Å². The summed E-state index contributed by atoms with van der Waals surface area (Å²) in [6.07, 6.45) is 5.19. The molecule has 0 aromatic heterocycles. The van der Waals surface area contributed by atoms with Gasteiger partial charge >= 0.3 is 0 Å². The number of piperazine rings is 1. The Hall–Kier alpha value is -0.560. The number of amides is 2. The first-order valence-electron chi connectivity index (χ1n) is 8.65. The molecule has 3 saturated heterocycles. The van der Waals surface area contributed by atoms with Crippen LogP contribution in [0.25, 0.3) is 0 Å². The smallest absolute Gasteiger partial charge is 0.242 e. The Kier molecular flexibility index (Phi) is 8.26. The van der Waals surface area contributed by atoms with Gasteiger partial charge in [-0.3, -0.25) is 9.59 Å². The van der Waals surface area contributed by atoms with E-state index in [-0.39, 0.29) is 42.7 Å². The van der Waals surface area contributed by atoms with E-state index < -0.39 is 5.54 Å². The van der Waals surface area contributed by atoms with Crippen molar-refractivity contribution >= 4 is 36.6 Å². The monoisotopic (exact) mass is 380 g/mol. The van der Waals surface area contributed by atoms with Gasteiger partial charge in [-0.25, -0.2) is 0 Å². The molecule has 3 aliphatic rings. The number of rotatable bonds is 2. The topological polar surface area (TPSA) is 64.7 Å². The second-order valence-corrected chi connectivity index (χ2v) is 7.03. The van der Waals surface area contributed by atoms with E-state index in [9.17, 15) is 9.59 Å². The highest BCUT2D eigenvalue weighted by Crippen LogP contribution is 2.25. The third kappa shape index (κ3) is 4.54.